The fourth-order valence-electron chi connectivity index (χ4n) is 4.13. The van der Waals surface area contributed by atoms with Crippen molar-refractivity contribution in [3.8, 4) is 23.0 Å². The van der Waals surface area contributed by atoms with Crippen LogP contribution in [0, 0.1) is 23.6 Å². The van der Waals surface area contributed by atoms with Crippen molar-refractivity contribution in [1.29, 1.82) is 0 Å². The van der Waals surface area contributed by atoms with Gasteiger partial charge in [0.15, 0.2) is 0 Å². The monoisotopic (exact) mass is 348 g/mol. The molecule has 0 saturated heterocycles. The van der Waals surface area contributed by atoms with Crippen LogP contribution in [0.1, 0.15) is 69.4 Å². The first-order valence-electron chi connectivity index (χ1n) is 9.99. The predicted molar refractivity (Wildman–Crippen MR) is 109 cm³/mol. The summed E-state index contributed by atoms with van der Waals surface area (Å²) in [7, 11) is 0. The van der Waals surface area contributed by atoms with Gasteiger partial charge in [0.05, 0.1) is 0 Å². The summed E-state index contributed by atoms with van der Waals surface area (Å²) in [5.41, 5.74) is 4.13. The van der Waals surface area contributed by atoms with Gasteiger partial charge in [0.2, 0.25) is 0 Å². The van der Waals surface area contributed by atoms with Crippen LogP contribution >= 0.6 is 0 Å². The number of hydrogen-bond donors (Lipinski definition) is 0. The van der Waals surface area contributed by atoms with Crippen molar-refractivity contribution in [2.24, 2.45) is 5.92 Å². The normalized spacial score (nSPS) is 19.7. The summed E-state index contributed by atoms with van der Waals surface area (Å²) in [6, 6.07) is 14.1. The second kappa shape index (κ2) is 9.04. The Kier molecular flexibility index (Phi) is 6.51. The standard InChI is InChI=1S/C25H29F/c1-3-5-6-7-20-10-12-21(13-11-20)23-16-17-24(25(26)18-23)22-14-8-19(4-2)9-15-22/h8-9,14-18,20-21H,4,6-7,10-13H2,1-2H3. The van der Waals surface area contributed by atoms with Crippen LogP contribution in [-0.4, -0.2) is 0 Å². The Morgan fingerprint density at radius 2 is 1.73 bits per heavy atom. The smallest absolute Gasteiger partial charge is 0.131 e. The summed E-state index contributed by atoms with van der Waals surface area (Å²) in [6.45, 7) is 4.05. The first-order valence-corrected chi connectivity index (χ1v) is 9.99. The molecule has 1 heteroatoms. The Bertz CT molecular complexity index is 768. The molecule has 0 unspecified atom stereocenters. The Hall–Kier alpha value is -2.07. The van der Waals surface area contributed by atoms with Crippen LogP contribution in [0.2, 0.25) is 0 Å². The highest BCUT2D eigenvalue weighted by Crippen LogP contribution is 2.38. The van der Waals surface area contributed by atoms with Crippen molar-refractivity contribution in [3.63, 3.8) is 0 Å². The molecular formula is C25H29F. The number of halogens is 1. The summed E-state index contributed by atoms with van der Waals surface area (Å²) < 4.78 is 14.7. The maximum absolute atomic E-state index is 14.7. The second-order valence-corrected chi connectivity index (χ2v) is 7.47. The van der Waals surface area contributed by atoms with E-state index in [-0.39, 0.29) is 5.82 Å². The highest BCUT2D eigenvalue weighted by Gasteiger charge is 2.22. The average Bonchev–Trinajstić information content (AvgIpc) is 2.69. The van der Waals surface area contributed by atoms with E-state index in [1.54, 1.807) is 6.07 Å². The number of rotatable bonds is 5. The fourth-order valence-corrected chi connectivity index (χ4v) is 4.13. The van der Waals surface area contributed by atoms with E-state index in [2.05, 4.69) is 37.0 Å². The molecular weight excluding hydrogens is 319 g/mol. The molecule has 0 heterocycles. The van der Waals surface area contributed by atoms with Crippen molar-refractivity contribution in [1.82, 2.24) is 0 Å². The van der Waals surface area contributed by atoms with Crippen molar-refractivity contribution >= 4 is 0 Å². The maximum atomic E-state index is 14.7. The Labute approximate surface area is 157 Å². The van der Waals surface area contributed by atoms with Gasteiger partial charge in [-0.25, -0.2) is 4.39 Å². The molecule has 0 atom stereocenters. The molecule has 0 nitrogen and oxygen atoms in total. The molecule has 26 heavy (non-hydrogen) atoms. The van der Waals surface area contributed by atoms with E-state index in [0.29, 0.717) is 11.5 Å². The van der Waals surface area contributed by atoms with Crippen LogP contribution in [0.3, 0.4) is 0 Å². The zero-order valence-electron chi connectivity index (χ0n) is 16.0. The minimum absolute atomic E-state index is 0.0907. The van der Waals surface area contributed by atoms with Gasteiger partial charge in [-0.15, -0.1) is 11.8 Å². The Morgan fingerprint density at radius 3 is 2.35 bits per heavy atom. The van der Waals surface area contributed by atoms with Crippen LogP contribution in [-0.2, 0) is 6.42 Å². The van der Waals surface area contributed by atoms with Gasteiger partial charge in [-0.2, -0.15) is 0 Å². The molecule has 1 fully saturated rings. The third kappa shape index (κ3) is 4.55. The first-order chi connectivity index (χ1) is 12.7. The molecule has 1 saturated carbocycles. The molecule has 0 aliphatic heterocycles. The molecule has 0 amide bonds. The second-order valence-electron chi connectivity index (χ2n) is 7.47. The molecule has 0 radical (unpaired) electrons. The van der Waals surface area contributed by atoms with Crippen molar-refractivity contribution < 1.29 is 4.39 Å². The quantitative estimate of drug-likeness (QED) is 0.504. The molecule has 3 rings (SSSR count). The van der Waals surface area contributed by atoms with E-state index < -0.39 is 0 Å². The largest absolute Gasteiger partial charge is 0.206 e. The van der Waals surface area contributed by atoms with Crippen LogP contribution in [0.5, 0.6) is 0 Å². The van der Waals surface area contributed by atoms with E-state index in [0.717, 1.165) is 24.3 Å². The minimum atomic E-state index is -0.0907. The van der Waals surface area contributed by atoms with E-state index in [1.807, 2.05) is 25.1 Å². The van der Waals surface area contributed by atoms with E-state index in [1.165, 1.54) is 43.2 Å². The predicted octanol–water partition coefficient (Wildman–Crippen LogP) is 7.13. The zero-order chi connectivity index (χ0) is 18.4. The van der Waals surface area contributed by atoms with Gasteiger partial charge in [0, 0.05) is 12.0 Å². The molecule has 0 N–H and O–H groups in total. The lowest BCUT2D eigenvalue weighted by atomic mass is 9.77. The third-order valence-electron chi connectivity index (χ3n) is 5.84. The van der Waals surface area contributed by atoms with E-state index >= 15 is 0 Å². The molecule has 2 aromatic rings. The summed E-state index contributed by atoms with van der Waals surface area (Å²) in [4.78, 5) is 0. The molecule has 1 aliphatic rings. The van der Waals surface area contributed by atoms with E-state index in [4.69, 9.17) is 0 Å². The van der Waals surface area contributed by atoms with Crippen molar-refractivity contribution in [2.45, 2.75) is 64.7 Å². The van der Waals surface area contributed by atoms with Crippen LogP contribution in [0.4, 0.5) is 4.39 Å². The van der Waals surface area contributed by atoms with Gasteiger partial charge in [0.1, 0.15) is 5.82 Å². The lowest BCUT2D eigenvalue weighted by Gasteiger charge is -2.28. The SMILES string of the molecule is CC#CCCC1CCC(c2ccc(-c3ccc(CC)cc3)c(F)c2)CC1. The Morgan fingerprint density at radius 1 is 1.00 bits per heavy atom. The molecule has 2 aromatic carbocycles. The summed E-state index contributed by atoms with van der Waals surface area (Å²) in [5.74, 6) is 7.37. The van der Waals surface area contributed by atoms with Gasteiger partial charge in [0.25, 0.3) is 0 Å². The Balaban J connectivity index is 1.65. The molecule has 0 bridgehead atoms. The van der Waals surface area contributed by atoms with Crippen LogP contribution in [0.25, 0.3) is 11.1 Å². The summed E-state index contributed by atoms with van der Waals surface area (Å²) in [6.07, 6.45) is 8.09. The maximum Gasteiger partial charge on any atom is 0.131 e. The molecule has 1 aliphatic carbocycles. The van der Waals surface area contributed by atoms with Gasteiger partial charge in [-0.1, -0.05) is 43.3 Å². The molecule has 0 spiro atoms. The number of hydrogen-bond acceptors (Lipinski definition) is 0. The third-order valence-corrected chi connectivity index (χ3v) is 5.84. The highest BCUT2D eigenvalue weighted by atomic mass is 19.1. The topological polar surface area (TPSA) is 0 Å². The van der Waals surface area contributed by atoms with Crippen LogP contribution in [0.15, 0.2) is 42.5 Å². The number of benzene rings is 2. The van der Waals surface area contributed by atoms with E-state index in [9.17, 15) is 4.39 Å². The fraction of sp³-hybridized carbons (Fsp3) is 0.440. The number of aryl methyl sites for hydroxylation is 1. The van der Waals surface area contributed by atoms with Crippen LogP contribution < -0.4 is 0 Å². The lowest BCUT2D eigenvalue weighted by molar-refractivity contribution is 0.312. The first kappa shape index (κ1) is 18.7. The highest BCUT2D eigenvalue weighted by molar-refractivity contribution is 5.65. The minimum Gasteiger partial charge on any atom is -0.206 e. The van der Waals surface area contributed by atoms with Gasteiger partial charge >= 0.3 is 0 Å². The van der Waals surface area contributed by atoms with Gasteiger partial charge < -0.3 is 0 Å². The van der Waals surface area contributed by atoms with Crippen molar-refractivity contribution in [2.75, 3.05) is 0 Å². The molecule has 0 aromatic heterocycles. The summed E-state index contributed by atoms with van der Waals surface area (Å²) in [5, 5.41) is 0. The van der Waals surface area contributed by atoms with Gasteiger partial charge in [-0.05, 0) is 80.0 Å². The average molecular weight is 349 g/mol. The summed E-state index contributed by atoms with van der Waals surface area (Å²) >= 11 is 0. The molecule has 136 valence electrons. The zero-order valence-corrected chi connectivity index (χ0v) is 16.0. The van der Waals surface area contributed by atoms with Crippen molar-refractivity contribution in [3.05, 3.63) is 59.4 Å². The lowest BCUT2D eigenvalue weighted by Crippen LogP contribution is -2.13. The van der Waals surface area contributed by atoms with Gasteiger partial charge in [-0.3, -0.25) is 0 Å².